The number of pyridine rings is 1. The summed E-state index contributed by atoms with van der Waals surface area (Å²) < 4.78 is 5.21. The van der Waals surface area contributed by atoms with E-state index in [0.29, 0.717) is 12.6 Å². The van der Waals surface area contributed by atoms with E-state index in [-0.39, 0.29) is 6.03 Å². The molecular formula is C18H24N4O2. The van der Waals surface area contributed by atoms with E-state index in [4.69, 9.17) is 4.74 Å². The highest BCUT2D eigenvalue weighted by Gasteiger charge is 2.24. The van der Waals surface area contributed by atoms with E-state index in [1.807, 2.05) is 35.2 Å². The van der Waals surface area contributed by atoms with Crippen molar-refractivity contribution in [3.8, 4) is 0 Å². The lowest BCUT2D eigenvalue weighted by Crippen LogP contribution is -2.53. The summed E-state index contributed by atoms with van der Waals surface area (Å²) in [6, 6.07) is 10.0. The summed E-state index contributed by atoms with van der Waals surface area (Å²) in [5, 5.41) is 4.03. The lowest BCUT2D eigenvalue weighted by Gasteiger charge is -2.37. The molecule has 1 aliphatic rings. The molecule has 0 spiro atoms. The smallest absolute Gasteiger partial charge is 0.321 e. The lowest BCUT2D eigenvalue weighted by atomic mass is 10.2. The van der Waals surface area contributed by atoms with Crippen LogP contribution < -0.4 is 5.32 Å². The number of carbonyl (C=O) groups excluding carboxylic acids is 1. The summed E-state index contributed by atoms with van der Waals surface area (Å²) in [6.45, 7) is 6.04. The summed E-state index contributed by atoms with van der Waals surface area (Å²) in [4.78, 5) is 21.1. The Labute approximate surface area is 142 Å². The molecule has 128 valence electrons. The van der Waals surface area contributed by atoms with Gasteiger partial charge in [0, 0.05) is 50.9 Å². The number of benzene rings is 1. The van der Waals surface area contributed by atoms with Crippen LogP contribution in [0.3, 0.4) is 0 Å². The second-order valence-electron chi connectivity index (χ2n) is 6.14. The van der Waals surface area contributed by atoms with Crippen LogP contribution in [0.4, 0.5) is 10.5 Å². The van der Waals surface area contributed by atoms with Crippen molar-refractivity contribution in [2.24, 2.45) is 0 Å². The highest BCUT2D eigenvalue weighted by Crippen LogP contribution is 2.21. The molecule has 2 amide bonds. The Morgan fingerprint density at radius 2 is 2.00 bits per heavy atom. The number of carbonyl (C=O) groups is 1. The first kappa shape index (κ1) is 16.7. The summed E-state index contributed by atoms with van der Waals surface area (Å²) in [5.41, 5.74) is 1.58. The molecule has 1 N–H and O–H groups in total. The number of piperazine rings is 1. The minimum absolute atomic E-state index is 0.0628. The quantitative estimate of drug-likeness (QED) is 0.936. The second-order valence-corrected chi connectivity index (χ2v) is 6.14. The second kappa shape index (κ2) is 7.59. The van der Waals surface area contributed by atoms with Crippen molar-refractivity contribution in [3.63, 3.8) is 0 Å². The van der Waals surface area contributed by atoms with E-state index < -0.39 is 0 Å². The van der Waals surface area contributed by atoms with Gasteiger partial charge in [0.2, 0.25) is 0 Å². The van der Waals surface area contributed by atoms with Crippen LogP contribution in [0.1, 0.15) is 6.92 Å². The van der Waals surface area contributed by atoms with E-state index in [2.05, 4.69) is 22.1 Å². The molecule has 1 aliphatic heterocycles. The van der Waals surface area contributed by atoms with Crippen molar-refractivity contribution in [2.45, 2.75) is 13.0 Å². The van der Waals surface area contributed by atoms with Crippen LogP contribution in [0.5, 0.6) is 0 Å². The summed E-state index contributed by atoms with van der Waals surface area (Å²) >= 11 is 0. The highest BCUT2D eigenvalue weighted by atomic mass is 16.5. The maximum atomic E-state index is 12.6. The van der Waals surface area contributed by atoms with Crippen LogP contribution in [0.15, 0.2) is 36.5 Å². The van der Waals surface area contributed by atoms with Gasteiger partial charge in [-0.05, 0) is 19.1 Å². The number of methoxy groups -OCH3 is 1. The Morgan fingerprint density at radius 3 is 2.75 bits per heavy atom. The maximum absolute atomic E-state index is 12.6. The standard InChI is InChI=1S/C18H24N4O2/c1-14(13-24-2)21-9-11-22(12-10-21)18(23)20-16-7-3-5-15-6-4-8-19-17(15)16/h3-8,14H,9-13H2,1-2H3,(H,20,23). The van der Waals surface area contributed by atoms with E-state index in [9.17, 15) is 4.79 Å². The minimum Gasteiger partial charge on any atom is -0.383 e. The van der Waals surface area contributed by atoms with Gasteiger partial charge in [-0.1, -0.05) is 18.2 Å². The summed E-state index contributed by atoms with van der Waals surface area (Å²) in [5.74, 6) is 0. The van der Waals surface area contributed by atoms with Gasteiger partial charge < -0.3 is 15.0 Å². The normalized spacial score (nSPS) is 17.0. The van der Waals surface area contributed by atoms with Gasteiger partial charge >= 0.3 is 6.03 Å². The molecule has 6 heteroatoms. The molecule has 24 heavy (non-hydrogen) atoms. The number of hydrogen-bond acceptors (Lipinski definition) is 4. The van der Waals surface area contributed by atoms with Gasteiger partial charge in [-0.3, -0.25) is 9.88 Å². The predicted octanol–water partition coefficient (Wildman–Crippen LogP) is 2.42. The molecule has 1 unspecified atom stereocenters. The third kappa shape index (κ3) is 3.66. The predicted molar refractivity (Wildman–Crippen MR) is 95.2 cm³/mol. The molecule has 1 aromatic carbocycles. The first-order chi connectivity index (χ1) is 11.7. The zero-order valence-corrected chi connectivity index (χ0v) is 14.2. The molecule has 0 saturated carbocycles. The zero-order valence-electron chi connectivity index (χ0n) is 14.2. The van der Waals surface area contributed by atoms with Crippen molar-refractivity contribution in [3.05, 3.63) is 36.5 Å². The Kier molecular flexibility index (Phi) is 5.27. The number of aromatic nitrogens is 1. The van der Waals surface area contributed by atoms with Crippen LogP contribution in [0, 0.1) is 0 Å². The Bertz CT molecular complexity index is 693. The molecule has 1 atom stereocenters. The van der Waals surface area contributed by atoms with Gasteiger partial charge in [0.05, 0.1) is 17.8 Å². The van der Waals surface area contributed by atoms with Gasteiger partial charge in [-0.15, -0.1) is 0 Å². The van der Waals surface area contributed by atoms with Crippen molar-refractivity contribution in [2.75, 3.05) is 45.2 Å². The van der Waals surface area contributed by atoms with E-state index >= 15 is 0 Å². The molecular weight excluding hydrogens is 304 g/mol. The number of nitrogens with one attached hydrogen (secondary N) is 1. The van der Waals surface area contributed by atoms with Crippen LogP contribution in [0.25, 0.3) is 10.9 Å². The van der Waals surface area contributed by atoms with Crippen LogP contribution in [-0.4, -0.2) is 66.8 Å². The maximum Gasteiger partial charge on any atom is 0.321 e. The number of urea groups is 1. The van der Waals surface area contributed by atoms with Gasteiger partial charge in [-0.25, -0.2) is 4.79 Å². The molecule has 1 fully saturated rings. The van der Waals surface area contributed by atoms with Gasteiger partial charge in [-0.2, -0.15) is 0 Å². The summed E-state index contributed by atoms with van der Waals surface area (Å²) in [6.07, 6.45) is 1.74. The number of rotatable bonds is 4. The van der Waals surface area contributed by atoms with E-state index in [0.717, 1.165) is 42.8 Å². The number of ether oxygens (including phenoxy) is 1. The Morgan fingerprint density at radius 1 is 1.25 bits per heavy atom. The first-order valence-corrected chi connectivity index (χ1v) is 8.31. The molecule has 0 bridgehead atoms. The van der Waals surface area contributed by atoms with Crippen LogP contribution in [-0.2, 0) is 4.74 Å². The third-order valence-electron chi connectivity index (χ3n) is 4.51. The lowest BCUT2D eigenvalue weighted by molar-refractivity contribution is 0.0680. The monoisotopic (exact) mass is 328 g/mol. The van der Waals surface area contributed by atoms with Gasteiger partial charge in [0.15, 0.2) is 0 Å². The number of para-hydroxylation sites is 1. The SMILES string of the molecule is COCC(C)N1CCN(C(=O)Nc2cccc3cccnc23)CC1. The molecule has 0 aliphatic carbocycles. The molecule has 2 aromatic rings. The van der Waals surface area contributed by atoms with Crippen molar-refractivity contribution >= 4 is 22.6 Å². The van der Waals surface area contributed by atoms with Crippen molar-refractivity contribution in [1.29, 1.82) is 0 Å². The topological polar surface area (TPSA) is 57.7 Å². The van der Waals surface area contributed by atoms with Gasteiger partial charge in [0.25, 0.3) is 0 Å². The zero-order chi connectivity index (χ0) is 16.9. The van der Waals surface area contributed by atoms with E-state index in [1.165, 1.54) is 0 Å². The number of fused-ring (bicyclic) bond motifs is 1. The molecule has 1 saturated heterocycles. The fraction of sp³-hybridized carbons (Fsp3) is 0.444. The fourth-order valence-corrected chi connectivity index (χ4v) is 3.11. The van der Waals surface area contributed by atoms with E-state index in [1.54, 1.807) is 13.3 Å². The molecule has 0 radical (unpaired) electrons. The Hall–Kier alpha value is -2.18. The number of hydrogen-bond donors (Lipinski definition) is 1. The molecule has 3 rings (SSSR count). The van der Waals surface area contributed by atoms with Crippen molar-refractivity contribution < 1.29 is 9.53 Å². The molecule has 1 aromatic heterocycles. The fourth-order valence-electron chi connectivity index (χ4n) is 3.11. The minimum atomic E-state index is -0.0628. The molecule has 2 heterocycles. The van der Waals surface area contributed by atoms with Crippen molar-refractivity contribution in [1.82, 2.24) is 14.8 Å². The van der Waals surface area contributed by atoms with Gasteiger partial charge in [0.1, 0.15) is 0 Å². The highest BCUT2D eigenvalue weighted by molar-refractivity contribution is 5.99. The number of nitrogens with zero attached hydrogens (tertiary/aromatic N) is 3. The average Bonchev–Trinajstić information content (AvgIpc) is 2.62. The largest absolute Gasteiger partial charge is 0.383 e. The molecule has 6 nitrogen and oxygen atoms in total. The van der Waals surface area contributed by atoms with Crippen LogP contribution in [0.2, 0.25) is 0 Å². The Balaban J connectivity index is 1.62. The first-order valence-electron chi connectivity index (χ1n) is 8.31. The summed E-state index contributed by atoms with van der Waals surface area (Å²) in [7, 11) is 1.72. The average molecular weight is 328 g/mol. The number of amides is 2. The number of anilines is 1. The third-order valence-corrected chi connectivity index (χ3v) is 4.51. The van der Waals surface area contributed by atoms with Crippen LogP contribution >= 0.6 is 0 Å².